The number of hydrogen-bond donors (Lipinski definition) is 0. The first-order valence-electron chi connectivity index (χ1n) is 7.95. The molecule has 5 rings (SSSR count). The van der Waals surface area contributed by atoms with Crippen LogP contribution in [0.2, 0.25) is 0 Å². The lowest BCUT2D eigenvalue weighted by Crippen LogP contribution is -2.68. The molecular weight excluding hydrogens is 330 g/mol. The molecule has 0 saturated carbocycles. The number of aromatic nitrogens is 2. The molecule has 2 bridgehead atoms. The molecule has 0 radical (unpaired) electrons. The molecule has 3 aliphatic heterocycles. The van der Waals surface area contributed by atoms with E-state index in [1.165, 1.54) is 23.9 Å². The second kappa shape index (κ2) is 6.29. The number of piperazine rings is 1. The Morgan fingerprint density at radius 1 is 1.21 bits per heavy atom. The third-order valence-corrected chi connectivity index (χ3v) is 5.39. The Hall–Kier alpha value is -1.73. The minimum atomic E-state index is -0.385. The predicted octanol–water partition coefficient (Wildman–Crippen LogP) is 2.94. The Morgan fingerprint density at radius 3 is 2.75 bits per heavy atom. The monoisotopic (exact) mass is 348 g/mol. The van der Waals surface area contributed by atoms with Gasteiger partial charge in [-0.2, -0.15) is 0 Å². The Labute approximate surface area is 143 Å². The van der Waals surface area contributed by atoms with Crippen molar-refractivity contribution in [3.63, 3.8) is 0 Å². The van der Waals surface area contributed by atoms with Gasteiger partial charge in [0.15, 0.2) is 5.16 Å². The molecule has 1 aromatic carbocycles. The summed E-state index contributed by atoms with van der Waals surface area (Å²) in [5.41, 5.74) is 0.435. The van der Waals surface area contributed by atoms with Crippen LogP contribution in [0.5, 0.6) is 0 Å². The van der Waals surface area contributed by atoms with Crippen molar-refractivity contribution in [2.24, 2.45) is 0 Å². The molecule has 126 valence electrons. The zero-order chi connectivity index (χ0) is 16.7. The summed E-state index contributed by atoms with van der Waals surface area (Å²) in [6.07, 6.45) is 4.85. The summed E-state index contributed by atoms with van der Waals surface area (Å²) in [6, 6.07) is 6.32. The lowest BCUT2D eigenvalue weighted by Gasteiger charge is -2.56. The Balaban J connectivity index is 1.46. The average Bonchev–Trinajstić information content (AvgIpc) is 2.62. The lowest BCUT2D eigenvalue weighted by molar-refractivity contribution is -0.00957. The van der Waals surface area contributed by atoms with Crippen LogP contribution in [0.3, 0.4) is 0 Å². The zero-order valence-corrected chi connectivity index (χ0v) is 14.1. The van der Waals surface area contributed by atoms with Gasteiger partial charge >= 0.3 is 0 Å². The van der Waals surface area contributed by atoms with Gasteiger partial charge in [-0.3, -0.25) is 4.90 Å². The van der Waals surface area contributed by atoms with Crippen molar-refractivity contribution in [2.45, 2.75) is 30.2 Å². The maximum atomic E-state index is 13.9. The van der Waals surface area contributed by atoms with E-state index < -0.39 is 0 Å². The van der Waals surface area contributed by atoms with E-state index in [0.29, 0.717) is 24.2 Å². The van der Waals surface area contributed by atoms with E-state index in [0.717, 1.165) is 36.6 Å². The first kappa shape index (κ1) is 15.8. The molecule has 2 aromatic rings. The standard InChI is InChI=1S/C17H18F2N4S/c1-24-17-20-5-4-16(21-17)22-9-13-7-14(10-22)23(13)8-11-6-12(18)2-3-15(11)19/h2-6,13-14H,7-10H2,1H3. The molecule has 0 aliphatic carbocycles. The summed E-state index contributed by atoms with van der Waals surface area (Å²) >= 11 is 1.53. The van der Waals surface area contributed by atoms with Crippen LogP contribution in [0.4, 0.5) is 14.6 Å². The van der Waals surface area contributed by atoms with Crippen molar-refractivity contribution in [3.8, 4) is 0 Å². The molecule has 0 N–H and O–H groups in total. The Bertz CT molecular complexity index is 745. The topological polar surface area (TPSA) is 32.3 Å². The predicted molar refractivity (Wildman–Crippen MR) is 90.1 cm³/mol. The first-order valence-corrected chi connectivity index (χ1v) is 9.18. The van der Waals surface area contributed by atoms with E-state index in [9.17, 15) is 8.78 Å². The van der Waals surface area contributed by atoms with E-state index in [-0.39, 0.29) is 11.6 Å². The minimum Gasteiger partial charge on any atom is -0.353 e. The van der Waals surface area contributed by atoms with E-state index >= 15 is 0 Å². The van der Waals surface area contributed by atoms with Crippen LogP contribution in [-0.4, -0.2) is 46.3 Å². The largest absolute Gasteiger partial charge is 0.353 e. The van der Waals surface area contributed by atoms with Crippen LogP contribution in [-0.2, 0) is 6.54 Å². The van der Waals surface area contributed by atoms with E-state index in [1.54, 1.807) is 6.20 Å². The van der Waals surface area contributed by atoms with Crippen LogP contribution in [0, 0.1) is 11.6 Å². The number of hydrogen-bond acceptors (Lipinski definition) is 5. The van der Waals surface area contributed by atoms with Gasteiger partial charge in [0, 0.05) is 43.5 Å². The van der Waals surface area contributed by atoms with Crippen LogP contribution in [0.25, 0.3) is 0 Å². The summed E-state index contributed by atoms with van der Waals surface area (Å²) in [7, 11) is 0. The number of nitrogens with zero attached hydrogens (tertiary/aromatic N) is 4. The van der Waals surface area contributed by atoms with Gasteiger partial charge in [-0.1, -0.05) is 11.8 Å². The van der Waals surface area contributed by atoms with Gasteiger partial charge in [0.05, 0.1) is 0 Å². The molecular formula is C17H18F2N4S. The minimum absolute atomic E-state index is 0.335. The molecule has 3 saturated heterocycles. The van der Waals surface area contributed by atoms with Gasteiger partial charge in [0.2, 0.25) is 0 Å². The van der Waals surface area contributed by atoms with Crippen LogP contribution < -0.4 is 4.90 Å². The average molecular weight is 348 g/mol. The van der Waals surface area contributed by atoms with Gasteiger partial charge in [-0.25, -0.2) is 18.7 Å². The van der Waals surface area contributed by atoms with Crippen molar-refractivity contribution in [2.75, 3.05) is 24.2 Å². The van der Waals surface area contributed by atoms with Gasteiger partial charge < -0.3 is 4.90 Å². The van der Waals surface area contributed by atoms with Crippen molar-refractivity contribution in [3.05, 3.63) is 47.7 Å². The fourth-order valence-electron chi connectivity index (χ4n) is 3.60. The number of anilines is 1. The number of benzene rings is 1. The summed E-state index contributed by atoms with van der Waals surface area (Å²) in [5.74, 6) is 0.226. The Kier molecular flexibility index (Phi) is 4.14. The molecule has 0 spiro atoms. The molecule has 3 fully saturated rings. The van der Waals surface area contributed by atoms with Gasteiger partial charge in [0.25, 0.3) is 0 Å². The molecule has 24 heavy (non-hydrogen) atoms. The highest BCUT2D eigenvalue weighted by atomic mass is 32.2. The number of halogens is 2. The third kappa shape index (κ3) is 2.86. The van der Waals surface area contributed by atoms with E-state index in [4.69, 9.17) is 0 Å². The van der Waals surface area contributed by atoms with Crippen molar-refractivity contribution >= 4 is 17.6 Å². The molecule has 3 aliphatic rings. The second-order valence-electron chi connectivity index (χ2n) is 6.26. The quantitative estimate of drug-likeness (QED) is 0.627. The van der Waals surface area contributed by atoms with E-state index in [1.807, 2.05) is 12.3 Å². The number of thioether (sulfide) groups is 1. The number of rotatable bonds is 4. The summed E-state index contributed by atoms with van der Waals surface area (Å²) in [5, 5.41) is 0.769. The van der Waals surface area contributed by atoms with Crippen molar-refractivity contribution in [1.29, 1.82) is 0 Å². The van der Waals surface area contributed by atoms with Crippen LogP contribution in [0.1, 0.15) is 12.0 Å². The van der Waals surface area contributed by atoms with E-state index in [2.05, 4.69) is 19.8 Å². The highest BCUT2D eigenvalue weighted by molar-refractivity contribution is 7.98. The third-order valence-electron chi connectivity index (χ3n) is 4.83. The molecule has 0 amide bonds. The smallest absolute Gasteiger partial charge is 0.189 e. The van der Waals surface area contributed by atoms with Gasteiger partial charge in [-0.05, 0) is 36.9 Å². The van der Waals surface area contributed by atoms with Crippen LogP contribution in [0.15, 0.2) is 35.6 Å². The fraction of sp³-hybridized carbons (Fsp3) is 0.412. The normalized spacial score (nSPS) is 23.2. The molecule has 2 atom stereocenters. The van der Waals surface area contributed by atoms with Crippen LogP contribution >= 0.6 is 11.8 Å². The zero-order valence-electron chi connectivity index (χ0n) is 13.3. The van der Waals surface area contributed by atoms with Gasteiger partial charge in [-0.15, -0.1) is 0 Å². The highest BCUT2D eigenvalue weighted by Crippen LogP contribution is 2.35. The lowest BCUT2D eigenvalue weighted by atomic mass is 9.86. The summed E-state index contributed by atoms with van der Waals surface area (Å²) < 4.78 is 27.2. The number of fused-ring (bicyclic) bond motifs is 2. The van der Waals surface area contributed by atoms with Crippen molar-refractivity contribution < 1.29 is 8.78 Å². The maximum Gasteiger partial charge on any atom is 0.189 e. The number of piperidine rings is 1. The summed E-state index contributed by atoms with van der Waals surface area (Å²) in [4.78, 5) is 13.3. The first-order chi connectivity index (χ1) is 11.6. The summed E-state index contributed by atoms with van der Waals surface area (Å²) in [6.45, 7) is 2.18. The fourth-order valence-corrected chi connectivity index (χ4v) is 3.95. The highest BCUT2D eigenvalue weighted by Gasteiger charge is 2.44. The SMILES string of the molecule is CSc1nccc(N2CC3CC(C2)N3Cc2cc(F)ccc2F)n1. The molecule has 4 nitrogen and oxygen atoms in total. The Morgan fingerprint density at radius 2 is 2.00 bits per heavy atom. The van der Waals surface area contributed by atoms with Gasteiger partial charge in [0.1, 0.15) is 17.5 Å². The molecule has 2 unspecified atom stereocenters. The maximum absolute atomic E-state index is 13.9. The molecule has 1 aromatic heterocycles. The molecule has 7 heteroatoms. The second-order valence-corrected chi connectivity index (χ2v) is 7.03. The van der Waals surface area contributed by atoms with Crippen molar-refractivity contribution in [1.82, 2.24) is 14.9 Å². The molecule has 4 heterocycles.